The van der Waals surface area contributed by atoms with E-state index in [2.05, 4.69) is 15.1 Å². The van der Waals surface area contributed by atoms with Crippen molar-refractivity contribution in [2.75, 3.05) is 6.61 Å². The van der Waals surface area contributed by atoms with Crippen molar-refractivity contribution in [2.45, 2.75) is 44.2 Å². The van der Waals surface area contributed by atoms with Crippen LogP contribution in [-0.4, -0.2) is 54.3 Å². The molecule has 0 spiro atoms. The van der Waals surface area contributed by atoms with E-state index in [0.29, 0.717) is 23.5 Å². The normalized spacial score (nSPS) is 32.9. The highest BCUT2D eigenvalue weighted by Crippen LogP contribution is 2.43. The van der Waals surface area contributed by atoms with Gasteiger partial charge in [-0.25, -0.2) is 18.9 Å². The molecule has 2 aromatic rings. The third kappa shape index (κ3) is 1.94. The predicted molar refractivity (Wildman–Crippen MR) is 70.4 cm³/mol. The van der Waals surface area contributed by atoms with Crippen LogP contribution in [0.5, 0.6) is 0 Å². The number of hydrogen-bond donors (Lipinski definition) is 2. The van der Waals surface area contributed by atoms with E-state index in [4.69, 9.17) is 4.74 Å². The number of rotatable bonds is 3. The van der Waals surface area contributed by atoms with E-state index in [1.165, 1.54) is 17.0 Å². The summed E-state index contributed by atoms with van der Waals surface area (Å²) in [5.74, 6) is 0. The summed E-state index contributed by atoms with van der Waals surface area (Å²) in [6.45, 7) is 3.05. The van der Waals surface area contributed by atoms with Gasteiger partial charge in [0, 0.05) is 0 Å². The van der Waals surface area contributed by atoms with Crippen molar-refractivity contribution in [3.8, 4) is 0 Å². The monoisotopic (exact) mass is 296 g/mol. The Bertz CT molecular complexity index is 658. The van der Waals surface area contributed by atoms with Gasteiger partial charge >= 0.3 is 0 Å². The van der Waals surface area contributed by atoms with Crippen LogP contribution in [0, 0.1) is 6.92 Å². The number of alkyl halides is 1. The lowest BCUT2D eigenvalue weighted by atomic mass is 9.93. The molecule has 4 atom stereocenters. The van der Waals surface area contributed by atoms with Crippen molar-refractivity contribution < 1.29 is 19.3 Å². The summed E-state index contributed by atoms with van der Waals surface area (Å²) in [6, 6.07) is 0. The summed E-state index contributed by atoms with van der Waals surface area (Å²) in [5, 5.41) is 23.6. The Balaban J connectivity index is 2.06. The molecule has 2 N–H and O–H groups in total. The topological polar surface area (TPSA) is 92.8 Å². The minimum atomic E-state index is -1.66. The Hall–Kier alpha value is -1.64. The maximum absolute atomic E-state index is 14.5. The first-order chi connectivity index (χ1) is 10.0. The number of nitrogens with zero attached hydrogens (tertiary/aromatic N) is 4. The summed E-state index contributed by atoms with van der Waals surface area (Å²) < 4.78 is 21.6. The molecule has 1 fully saturated rings. The third-order valence-electron chi connectivity index (χ3n) is 4.16. The lowest BCUT2D eigenvalue weighted by Crippen LogP contribution is -2.44. The second kappa shape index (κ2) is 4.97. The van der Waals surface area contributed by atoms with Crippen molar-refractivity contribution in [2.24, 2.45) is 0 Å². The number of ether oxygens (including phenoxy) is 1. The zero-order valence-corrected chi connectivity index (χ0v) is 11.8. The van der Waals surface area contributed by atoms with Crippen LogP contribution in [0.4, 0.5) is 4.39 Å². The first kappa shape index (κ1) is 14.3. The van der Waals surface area contributed by atoms with Crippen molar-refractivity contribution in [1.29, 1.82) is 0 Å². The molecule has 0 aromatic carbocycles. The third-order valence-corrected chi connectivity index (χ3v) is 4.16. The van der Waals surface area contributed by atoms with Crippen molar-refractivity contribution >= 4 is 5.65 Å². The molecule has 3 heterocycles. The van der Waals surface area contributed by atoms with Crippen LogP contribution in [0.25, 0.3) is 5.65 Å². The van der Waals surface area contributed by atoms with Gasteiger partial charge in [0.05, 0.1) is 24.2 Å². The van der Waals surface area contributed by atoms with Crippen LogP contribution < -0.4 is 0 Å². The minimum Gasteiger partial charge on any atom is -0.393 e. The molecule has 7 nitrogen and oxygen atoms in total. The molecule has 0 radical (unpaired) electrons. The second-order valence-electron chi connectivity index (χ2n) is 5.27. The predicted octanol–water partition coefficient (Wildman–Crippen LogP) is 0.344. The molecule has 21 heavy (non-hydrogen) atoms. The molecule has 0 amide bonds. The number of hydrogen-bond acceptors (Lipinski definition) is 6. The first-order valence-electron chi connectivity index (χ1n) is 6.80. The summed E-state index contributed by atoms with van der Waals surface area (Å²) >= 11 is 0. The second-order valence-corrected chi connectivity index (χ2v) is 5.27. The maximum atomic E-state index is 14.5. The van der Waals surface area contributed by atoms with Gasteiger partial charge in [-0.2, -0.15) is 5.10 Å². The molecule has 8 heteroatoms. The van der Waals surface area contributed by atoms with Gasteiger partial charge in [-0.3, -0.25) is 0 Å². The molecule has 0 unspecified atom stereocenters. The number of halogens is 1. The summed E-state index contributed by atoms with van der Waals surface area (Å²) in [4.78, 5) is 8.19. The van der Waals surface area contributed by atoms with Gasteiger partial charge < -0.3 is 14.9 Å². The van der Waals surface area contributed by atoms with Gasteiger partial charge in [-0.15, -0.1) is 0 Å². The van der Waals surface area contributed by atoms with Gasteiger partial charge in [0.25, 0.3) is 0 Å². The van der Waals surface area contributed by atoms with Gasteiger partial charge in [-0.1, -0.05) is 6.92 Å². The first-order valence-corrected chi connectivity index (χ1v) is 6.80. The fraction of sp³-hybridized carbons (Fsp3) is 0.615. The molecule has 1 aliphatic rings. The number of aliphatic hydroxyl groups is 2. The molecule has 1 aliphatic heterocycles. The highest BCUT2D eigenvalue weighted by molar-refractivity contribution is 5.43. The Kier molecular flexibility index (Phi) is 3.39. The molecule has 0 aliphatic carbocycles. The largest absolute Gasteiger partial charge is 0.393 e. The average Bonchev–Trinajstić information content (AvgIpc) is 3.02. The molecule has 2 aromatic heterocycles. The Morgan fingerprint density at radius 2 is 2.24 bits per heavy atom. The minimum absolute atomic E-state index is 0.298. The fourth-order valence-corrected chi connectivity index (χ4v) is 2.74. The summed E-state index contributed by atoms with van der Waals surface area (Å²) in [6.07, 6.45) is -0.976. The quantitative estimate of drug-likeness (QED) is 0.848. The van der Waals surface area contributed by atoms with E-state index in [9.17, 15) is 14.6 Å². The molecule has 3 rings (SSSR count). The van der Waals surface area contributed by atoms with Crippen molar-refractivity contribution in [1.82, 2.24) is 19.6 Å². The molecule has 114 valence electrons. The van der Waals surface area contributed by atoms with Crippen molar-refractivity contribution in [3.05, 3.63) is 23.9 Å². The number of fused-ring (bicyclic) bond motifs is 1. The van der Waals surface area contributed by atoms with E-state index in [0.717, 1.165) is 0 Å². The Labute approximate surface area is 120 Å². The van der Waals surface area contributed by atoms with Crippen LogP contribution in [0.2, 0.25) is 0 Å². The summed E-state index contributed by atoms with van der Waals surface area (Å²) in [7, 11) is 0. The van der Waals surface area contributed by atoms with Crippen LogP contribution >= 0.6 is 0 Å². The highest BCUT2D eigenvalue weighted by Gasteiger charge is 2.55. The maximum Gasteiger partial charge on any atom is 0.175 e. The van der Waals surface area contributed by atoms with Crippen molar-refractivity contribution in [3.63, 3.8) is 0 Å². The number of aryl methyl sites for hydroxylation is 1. The lowest BCUT2D eigenvalue weighted by molar-refractivity contribution is -0.115. The molecule has 0 saturated carbocycles. The molecule has 0 bridgehead atoms. The summed E-state index contributed by atoms with van der Waals surface area (Å²) in [5.41, 5.74) is 0.270. The zero-order valence-electron chi connectivity index (χ0n) is 11.8. The molecular formula is C13H17FN4O3. The van der Waals surface area contributed by atoms with E-state index in [1.54, 1.807) is 13.8 Å². The Morgan fingerprint density at radius 3 is 2.86 bits per heavy atom. The molecule has 1 saturated heterocycles. The lowest BCUT2D eigenvalue weighted by Gasteiger charge is -2.28. The standard InChI is InChI=1S/C13H17FN4O3/c1-3-13(5-19)11(20)9(14)10(21-13)8-4-15-12-7(2)16-6-17-18(8)12/h4,6,9-11,19-20H,3,5H2,1-2H3/t9-,10-,11-,13+/m0/s1. The van der Waals surface area contributed by atoms with Gasteiger partial charge in [-0.05, 0) is 13.3 Å². The van der Waals surface area contributed by atoms with Crippen LogP contribution in [-0.2, 0) is 4.74 Å². The Morgan fingerprint density at radius 1 is 1.48 bits per heavy atom. The SMILES string of the molecule is CC[C@]1(CO)O[C@@H](c2cnc3c(C)ncnn23)[C@H](F)[C@@H]1O. The number of aliphatic hydroxyl groups excluding tert-OH is 2. The van der Waals surface area contributed by atoms with Gasteiger partial charge in [0.2, 0.25) is 0 Å². The smallest absolute Gasteiger partial charge is 0.175 e. The van der Waals surface area contributed by atoms with Crippen LogP contribution in [0.1, 0.15) is 30.8 Å². The highest BCUT2D eigenvalue weighted by atomic mass is 19.1. The van der Waals surface area contributed by atoms with E-state index in [-0.39, 0.29) is 0 Å². The average molecular weight is 296 g/mol. The number of imidazole rings is 1. The fourth-order valence-electron chi connectivity index (χ4n) is 2.74. The van der Waals surface area contributed by atoms with E-state index in [1.807, 2.05) is 0 Å². The zero-order chi connectivity index (χ0) is 15.2. The van der Waals surface area contributed by atoms with Crippen LogP contribution in [0.3, 0.4) is 0 Å². The van der Waals surface area contributed by atoms with E-state index >= 15 is 0 Å². The van der Waals surface area contributed by atoms with E-state index < -0.39 is 30.6 Å². The van der Waals surface area contributed by atoms with Gasteiger partial charge in [0.15, 0.2) is 11.8 Å². The number of aromatic nitrogens is 4. The molecular weight excluding hydrogens is 279 g/mol. The van der Waals surface area contributed by atoms with Crippen LogP contribution in [0.15, 0.2) is 12.5 Å². The van der Waals surface area contributed by atoms with Gasteiger partial charge in [0.1, 0.15) is 24.1 Å².